The van der Waals surface area contributed by atoms with E-state index >= 15 is 0 Å². The molecule has 0 spiro atoms. The van der Waals surface area contributed by atoms with Crippen molar-refractivity contribution in [2.24, 2.45) is 23.2 Å². The zero-order valence-corrected chi connectivity index (χ0v) is 15.2. The molecule has 9 heteroatoms. The van der Waals surface area contributed by atoms with Crippen molar-refractivity contribution in [1.29, 1.82) is 0 Å². The maximum Gasteiger partial charge on any atom is 0.407 e. The van der Waals surface area contributed by atoms with Gasteiger partial charge in [0, 0.05) is 19.0 Å². The van der Waals surface area contributed by atoms with Crippen LogP contribution < -0.4 is 10.6 Å². The van der Waals surface area contributed by atoms with E-state index < -0.39 is 30.1 Å². The number of nitrogens with zero attached hydrogens (tertiary/aromatic N) is 1. The summed E-state index contributed by atoms with van der Waals surface area (Å²) >= 11 is 0. The molecule has 0 aromatic rings. The number of methoxy groups -OCH3 is 1. The van der Waals surface area contributed by atoms with E-state index in [-0.39, 0.29) is 35.5 Å². The van der Waals surface area contributed by atoms with E-state index in [0.29, 0.717) is 19.5 Å². The molecule has 3 aliphatic rings. The van der Waals surface area contributed by atoms with E-state index in [2.05, 4.69) is 10.6 Å². The molecule has 3 N–H and O–H groups in total. The molecule has 1 saturated carbocycles. The number of hydrogen-bond donors (Lipinski definition) is 3. The SMILES string of the molecule is COC(=O)[C@H](C[C@@H]1CCNC1=O)NC(=O)[C@@H]1C2[C@H](CN1C(=O)O)C2(C)C. The van der Waals surface area contributed by atoms with Crippen molar-refractivity contribution in [3.05, 3.63) is 0 Å². The van der Waals surface area contributed by atoms with Gasteiger partial charge in [-0.3, -0.25) is 14.5 Å². The molecule has 3 fully saturated rings. The highest BCUT2D eigenvalue weighted by molar-refractivity contribution is 5.91. The van der Waals surface area contributed by atoms with Gasteiger partial charge in [-0.05, 0) is 30.1 Å². The summed E-state index contributed by atoms with van der Waals surface area (Å²) in [7, 11) is 1.22. The van der Waals surface area contributed by atoms with Gasteiger partial charge in [-0.2, -0.15) is 0 Å². The highest BCUT2D eigenvalue weighted by Gasteiger charge is 2.69. The molecular formula is C17H25N3O6. The third-order valence-corrected chi connectivity index (χ3v) is 6.21. The van der Waals surface area contributed by atoms with Gasteiger partial charge in [-0.15, -0.1) is 0 Å². The summed E-state index contributed by atoms with van der Waals surface area (Å²) in [5.41, 5.74) is -0.0972. The van der Waals surface area contributed by atoms with Gasteiger partial charge in [0.05, 0.1) is 7.11 Å². The fourth-order valence-electron chi connectivity index (χ4n) is 4.55. The fourth-order valence-corrected chi connectivity index (χ4v) is 4.55. The molecule has 2 saturated heterocycles. The molecule has 2 aliphatic heterocycles. The van der Waals surface area contributed by atoms with E-state index in [9.17, 15) is 24.3 Å². The lowest BCUT2D eigenvalue weighted by Gasteiger charge is -2.29. The Morgan fingerprint density at radius 3 is 2.65 bits per heavy atom. The Morgan fingerprint density at radius 1 is 1.42 bits per heavy atom. The average molecular weight is 367 g/mol. The second kappa shape index (κ2) is 6.44. The third-order valence-electron chi connectivity index (χ3n) is 6.21. The van der Waals surface area contributed by atoms with E-state index in [1.807, 2.05) is 13.8 Å². The molecule has 26 heavy (non-hydrogen) atoms. The molecule has 1 aliphatic carbocycles. The largest absolute Gasteiger partial charge is 0.467 e. The normalized spacial score (nSPS) is 32.4. The highest BCUT2D eigenvalue weighted by Crippen LogP contribution is 2.64. The van der Waals surface area contributed by atoms with Crippen molar-refractivity contribution in [2.75, 3.05) is 20.2 Å². The Labute approximate surface area is 151 Å². The monoisotopic (exact) mass is 367 g/mol. The smallest absolute Gasteiger partial charge is 0.407 e. The molecule has 9 nitrogen and oxygen atoms in total. The van der Waals surface area contributed by atoms with Crippen LogP contribution in [0.25, 0.3) is 0 Å². The lowest BCUT2D eigenvalue weighted by Crippen LogP contribution is -2.54. The zero-order chi connectivity index (χ0) is 19.2. The summed E-state index contributed by atoms with van der Waals surface area (Å²) in [6.45, 7) is 4.89. The van der Waals surface area contributed by atoms with E-state index in [1.165, 1.54) is 7.11 Å². The minimum atomic E-state index is -1.14. The quantitative estimate of drug-likeness (QED) is 0.578. The maximum atomic E-state index is 12.8. The van der Waals surface area contributed by atoms with Crippen LogP contribution >= 0.6 is 0 Å². The topological polar surface area (TPSA) is 125 Å². The number of nitrogens with one attached hydrogen (secondary N) is 2. The molecule has 0 bridgehead atoms. The van der Waals surface area contributed by atoms with Crippen LogP contribution in [0.2, 0.25) is 0 Å². The van der Waals surface area contributed by atoms with Gasteiger partial charge in [0.1, 0.15) is 12.1 Å². The number of carbonyl (C=O) groups excluding carboxylic acids is 3. The molecule has 2 heterocycles. The number of likely N-dealkylation sites (tertiary alicyclic amines) is 1. The summed E-state index contributed by atoms with van der Waals surface area (Å²) in [4.78, 5) is 49.4. The van der Waals surface area contributed by atoms with Crippen molar-refractivity contribution >= 4 is 23.9 Å². The van der Waals surface area contributed by atoms with E-state index in [0.717, 1.165) is 4.90 Å². The van der Waals surface area contributed by atoms with Gasteiger partial charge in [0.15, 0.2) is 0 Å². The Kier molecular flexibility index (Phi) is 4.58. The van der Waals surface area contributed by atoms with Crippen molar-refractivity contribution in [3.63, 3.8) is 0 Å². The number of carboxylic acid groups (broad SMARTS) is 1. The first-order chi connectivity index (χ1) is 12.2. The molecule has 5 atom stereocenters. The molecule has 144 valence electrons. The lowest BCUT2D eigenvalue weighted by molar-refractivity contribution is -0.146. The first-order valence-corrected chi connectivity index (χ1v) is 8.84. The summed E-state index contributed by atoms with van der Waals surface area (Å²) in [5.74, 6) is -1.57. The predicted octanol–water partition coefficient (Wildman–Crippen LogP) is -0.195. The number of piperidine rings is 1. The molecule has 0 aromatic heterocycles. The fraction of sp³-hybridized carbons (Fsp3) is 0.765. The molecular weight excluding hydrogens is 342 g/mol. The first-order valence-electron chi connectivity index (χ1n) is 8.84. The minimum absolute atomic E-state index is 0.0633. The van der Waals surface area contributed by atoms with Crippen molar-refractivity contribution in [2.45, 2.75) is 38.8 Å². The van der Waals surface area contributed by atoms with Crippen molar-refractivity contribution < 1.29 is 29.0 Å². The number of esters is 1. The number of fused-ring (bicyclic) bond motifs is 1. The Hall–Kier alpha value is -2.32. The van der Waals surface area contributed by atoms with Crippen LogP contribution in [-0.4, -0.2) is 66.2 Å². The van der Waals surface area contributed by atoms with Crippen LogP contribution in [0.1, 0.15) is 26.7 Å². The van der Waals surface area contributed by atoms with Crippen LogP contribution in [0.4, 0.5) is 4.79 Å². The van der Waals surface area contributed by atoms with Crippen LogP contribution in [0.3, 0.4) is 0 Å². The van der Waals surface area contributed by atoms with Crippen LogP contribution in [0.5, 0.6) is 0 Å². The summed E-state index contributed by atoms with van der Waals surface area (Å²) < 4.78 is 4.76. The zero-order valence-electron chi connectivity index (χ0n) is 15.2. The van der Waals surface area contributed by atoms with Crippen molar-refractivity contribution in [3.8, 4) is 0 Å². The summed E-state index contributed by atoms with van der Waals surface area (Å²) in [6.07, 6.45) is -0.412. The second-order valence-electron chi connectivity index (χ2n) is 7.93. The highest BCUT2D eigenvalue weighted by atomic mass is 16.5. The molecule has 1 unspecified atom stereocenters. The summed E-state index contributed by atoms with van der Waals surface area (Å²) in [5, 5.41) is 14.7. The average Bonchev–Trinajstić information content (AvgIpc) is 2.96. The van der Waals surface area contributed by atoms with Gasteiger partial charge in [-0.1, -0.05) is 13.8 Å². The predicted molar refractivity (Wildman–Crippen MR) is 89.0 cm³/mol. The van der Waals surface area contributed by atoms with E-state index in [1.54, 1.807) is 0 Å². The number of ether oxygens (including phenoxy) is 1. The Bertz CT molecular complexity index is 648. The van der Waals surface area contributed by atoms with Gasteiger partial charge < -0.3 is 20.5 Å². The lowest BCUT2D eigenvalue weighted by atomic mass is 9.97. The maximum absolute atomic E-state index is 12.8. The molecule has 0 aromatic carbocycles. The standard InChI is InChI=1S/C17H25N3O6/c1-17(2)9-7-20(16(24)25)12(11(9)17)14(22)19-10(15(23)26-3)6-8-4-5-18-13(8)21/h8-12H,4-7H2,1-3H3,(H,18,21)(H,19,22)(H,24,25)/t8-,9-,10-,11?,12-/m0/s1. The Balaban J connectivity index is 1.73. The second-order valence-corrected chi connectivity index (χ2v) is 7.93. The van der Waals surface area contributed by atoms with Gasteiger partial charge in [-0.25, -0.2) is 9.59 Å². The van der Waals surface area contributed by atoms with Gasteiger partial charge in [0.2, 0.25) is 11.8 Å². The van der Waals surface area contributed by atoms with E-state index in [4.69, 9.17) is 4.74 Å². The van der Waals surface area contributed by atoms with Crippen LogP contribution in [0.15, 0.2) is 0 Å². The third kappa shape index (κ3) is 2.99. The summed E-state index contributed by atoms with van der Waals surface area (Å²) in [6, 6.07) is -1.80. The minimum Gasteiger partial charge on any atom is -0.467 e. The van der Waals surface area contributed by atoms with Crippen molar-refractivity contribution in [1.82, 2.24) is 15.5 Å². The van der Waals surface area contributed by atoms with Crippen LogP contribution in [0, 0.1) is 23.2 Å². The van der Waals surface area contributed by atoms with Gasteiger partial charge >= 0.3 is 12.1 Å². The number of amides is 3. The van der Waals surface area contributed by atoms with Gasteiger partial charge in [0.25, 0.3) is 0 Å². The first kappa shape index (κ1) is 18.5. The molecule has 0 radical (unpaired) electrons. The number of hydrogen-bond acceptors (Lipinski definition) is 5. The Morgan fingerprint density at radius 2 is 2.12 bits per heavy atom. The van der Waals surface area contributed by atoms with Crippen LogP contribution in [-0.2, 0) is 19.1 Å². The number of carbonyl (C=O) groups is 4. The molecule has 3 rings (SSSR count). The number of rotatable bonds is 5. The molecule has 3 amide bonds.